The molecular formula is C20H23ClN6O3S. The SMILES string of the molecule is CCCCn1c(=O)n(CCCCc2noc(-c3ccsc3C)n2)c(=O)c2[nH]c(Cl)nc21. The average molecular weight is 463 g/mol. The lowest BCUT2D eigenvalue weighted by molar-refractivity contribution is 0.420. The van der Waals surface area contributed by atoms with E-state index in [9.17, 15) is 9.59 Å². The number of imidazole rings is 1. The largest absolute Gasteiger partial charge is 0.334 e. The van der Waals surface area contributed by atoms with Crippen LogP contribution < -0.4 is 11.2 Å². The smallest absolute Gasteiger partial charge is 0.332 e. The zero-order chi connectivity index (χ0) is 22.0. The molecule has 0 saturated heterocycles. The summed E-state index contributed by atoms with van der Waals surface area (Å²) in [7, 11) is 0. The summed E-state index contributed by atoms with van der Waals surface area (Å²) < 4.78 is 8.14. The number of H-pyrrole nitrogens is 1. The highest BCUT2D eigenvalue weighted by molar-refractivity contribution is 7.10. The fraction of sp³-hybridized carbons (Fsp3) is 0.450. The second-order valence-electron chi connectivity index (χ2n) is 7.33. The van der Waals surface area contributed by atoms with Gasteiger partial charge in [0.1, 0.15) is 0 Å². The van der Waals surface area contributed by atoms with E-state index >= 15 is 0 Å². The summed E-state index contributed by atoms with van der Waals surface area (Å²) >= 11 is 7.59. The Labute approximate surface area is 186 Å². The highest BCUT2D eigenvalue weighted by Gasteiger charge is 2.17. The molecule has 0 amide bonds. The molecule has 0 unspecified atom stereocenters. The maximum atomic E-state index is 12.9. The highest BCUT2D eigenvalue weighted by atomic mass is 35.5. The number of aryl methyl sites for hydroxylation is 3. The maximum absolute atomic E-state index is 12.9. The number of unbranched alkanes of at least 4 members (excludes halogenated alkanes) is 2. The van der Waals surface area contributed by atoms with Crippen molar-refractivity contribution in [1.82, 2.24) is 29.2 Å². The quantitative estimate of drug-likeness (QED) is 0.299. The first-order valence-corrected chi connectivity index (χ1v) is 11.5. The molecule has 0 spiro atoms. The molecule has 4 aromatic heterocycles. The molecule has 4 rings (SSSR count). The van der Waals surface area contributed by atoms with Crippen LogP contribution in [0.15, 0.2) is 25.6 Å². The van der Waals surface area contributed by atoms with Gasteiger partial charge in [-0.3, -0.25) is 13.9 Å². The summed E-state index contributed by atoms with van der Waals surface area (Å²) in [5.41, 5.74) is 0.766. The van der Waals surface area contributed by atoms with E-state index in [1.807, 2.05) is 25.3 Å². The first kappa shape index (κ1) is 21.5. The number of thiophene rings is 1. The molecule has 0 bridgehead atoms. The molecule has 0 atom stereocenters. The molecule has 4 aromatic rings. The summed E-state index contributed by atoms with van der Waals surface area (Å²) in [6, 6.07) is 1.96. The predicted octanol–water partition coefficient (Wildman–Crippen LogP) is 3.78. The van der Waals surface area contributed by atoms with Crippen LogP contribution >= 0.6 is 22.9 Å². The maximum Gasteiger partial charge on any atom is 0.332 e. The standard InChI is InChI=1S/C20H23ClN6O3S/c1-3-4-9-26-16-15(23-19(21)24-16)18(28)27(20(26)29)10-6-5-7-14-22-17(30-25-14)13-8-11-31-12(13)2/h8,11H,3-7,9-10H2,1-2H3,(H,23,24). The van der Waals surface area contributed by atoms with Crippen LogP contribution in [0.4, 0.5) is 0 Å². The number of nitrogens with zero attached hydrogens (tertiary/aromatic N) is 5. The molecule has 0 aliphatic heterocycles. The summed E-state index contributed by atoms with van der Waals surface area (Å²) in [6.07, 6.45) is 3.66. The Kier molecular flexibility index (Phi) is 6.38. The van der Waals surface area contributed by atoms with Crippen molar-refractivity contribution in [1.29, 1.82) is 0 Å². The molecule has 0 fully saturated rings. The first-order chi connectivity index (χ1) is 15.0. The molecule has 1 N–H and O–H groups in total. The minimum Gasteiger partial charge on any atom is -0.334 e. The van der Waals surface area contributed by atoms with Crippen molar-refractivity contribution in [2.75, 3.05) is 0 Å². The van der Waals surface area contributed by atoms with Crippen LogP contribution in [-0.2, 0) is 19.5 Å². The van der Waals surface area contributed by atoms with Gasteiger partial charge in [0.25, 0.3) is 11.4 Å². The van der Waals surface area contributed by atoms with E-state index in [2.05, 4.69) is 20.1 Å². The van der Waals surface area contributed by atoms with Crippen LogP contribution in [-0.4, -0.2) is 29.2 Å². The lowest BCUT2D eigenvalue weighted by atomic mass is 10.2. The third-order valence-electron chi connectivity index (χ3n) is 5.16. The molecule has 0 aliphatic carbocycles. The Balaban J connectivity index is 1.47. The van der Waals surface area contributed by atoms with Crippen LogP contribution in [0.5, 0.6) is 0 Å². The van der Waals surface area contributed by atoms with Gasteiger partial charge >= 0.3 is 5.69 Å². The average Bonchev–Trinajstić information content (AvgIpc) is 3.47. The molecule has 9 nitrogen and oxygen atoms in total. The van der Waals surface area contributed by atoms with E-state index in [0.717, 1.165) is 23.3 Å². The topological polar surface area (TPSA) is 112 Å². The van der Waals surface area contributed by atoms with Crippen LogP contribution in [0.25, 0.3) is 22.6 Å². The second-order valence-corrected chi connectivity index (χ2v) is 8.81. The Bertz CT molecular complexity index is 1310. The fourth-order valence-corrected chi connectivity index (χ4v) is 4.34. The van der Waals surface area contributed by atoms with E-state index < -0.39 is 5.56 Å². The van der Waals surface area contributed by atoms with Gasteiger partial charge < -0.3 is 9.51 Å². The van der Waals surface area contributed by atoms with Gasteiger partial charge in [0, 0.05) is 24.4 Å². The van der Waals surface area contributed by atoms with Crippen molar-refractivity contribution < 1.29 is 4.52 Å². The van der Waals surface area contributed by atoms with Crippen molar-refractivity contribution in [2.45, 2.75) is 59.0 Å². The van der Waals surface area contributed by atoms with E-state index in [1.54, 1.807) is 11.3 Å². The molecule has 0 aromatic carbocycles. The van der Waals surface area contributed by atoms with Crippen molar-refractivity contribution in [3.63, 3.8) is 0 Å². The number of aromatic nitrogens is 6. The van der Waals surface area contributed by atoms with Crippen molar-refractivity contribution in [2.24, 2.45) is 0 Å². The van der Waals surface area contributed by atoms with Gasteiger partial charge in [0.15, 0.2) is 17.0 Å². The molecular weight excluding hydrogens is 440 g/mol. The van der Waals surface area contributed by atoms with E-state index in [1.165, 1.54) is 9.13 Å². The van der Waals surface area contributed by atoms with E-state index in [0.29, 0.717) is 49.7 Å². The van der Waals surface area contributed by atoms with Gasteiger partial charge in [-0.25, -0.2) is 4.79 Å². The number of hydrogen-bond acceptors (Lipinski definition) is 7. The number of halogens is 1. The number of hydrogen-bond donors (Lipinski definition) is 1. The van der Waals surface area contributed by atoms with Gasteiger partial charge in [-0.05, 0) is 49.2 Å². The Morgan fingerprint density at radius 3 is 2.71 bits per heavy atom. The molecule has 0 saturated carbocycles. The zero-order valence-corrected chi connectivity index (χ0v) is 18.9. The third-order valence-corrected chi connectivity index (χ3v) is 6.18. The minimum absolute atomic E-state index is 0.100. The third kappa shape index (κ3) is 4.35. The van der Waals surface area contributed by atoms with Crippen LogP contribution in [0.1, 0.15) is 43.3 Å². The van der Waals surface area contributed by atoms with Crippen molar-refractivity contribution in [3.8, 4) is 11.5 Å². The molecule has 31 heavy (non-hydrogen) atoms. The lowest BCUT2D eigenvalue weighted by Crippen LogP contribution is -2.40. The summed E-state index contributed by atoms with van der Waals surface area (Å²) in [5, 5.41) is 6.13. The molecule has 0 aliphatic rings. The number of rotatable bonds is 9. The fourth-order valence-electron chi connectivity index (χ4n) is 3.48. The van der Waals surface area contributed by atoms with Crippen LogP contribution in [0.3, 0.4) is 0 Å². The van der Waals surface area contributed by atoms with Gasteiger partial charge in [-0.2, -0.15) is 9.97 Å². The Morgan fingerprint density at radius 2 is 1.97 bits per heavy atom. The molecule has 11 heteroatoms. The summed E-state index contributed by atoms with van der Waals surface area (Å²) in [6.45, 7) is 4.84. The van der Waals surface area contributed by atoms with Gasteiger partial charge in [-0.1, -0.05) is 18.5 Å². The van der Waals surface area contributed by atoms with E-state index in [-0.39, 0.29) is 16.5 Å². The summed E-state index contributed by atoms with van der Waals surface area (Å²) in [5.74, 6) is 1.13. The van der Waals surface area contributed by atoms with Gasteiger partial charge in [0.05, 0.1) is 5.56 Å². The predicted molar refractivity (Wildman–Crippen MR) is 120 cm³/mol. The van der Waals surface area contributed by atoms with Gasteiger partial charge in [0.2, 0.25) is 5.28 Å². The monoisotopic (exact) mass is 462 g/mol. The number of aromatic amines is 1. The minimum atomic E-state index is -0.401. The van der Waals surface area contributed by atoms with Crippen molar-refractivity contribution in [3.05, 3.63) is 48.3 Å². The van der Waals surface area contributed by atoms with Crippen molar-refractivity contribution >= 4 is 34.1 Å². The van der Waals surface area contributed by atoms with Gasteiger partial charge in [-0.15, -0.1) is 11.3 Å². The first-order valence-electron chi connectivity index (χ1n) is 10.3. The van der Waals surface area contributed by atoms with Crippen LogP contribution in [0.2, 0.25) is 5.28 Å². The number of nitrogens with one attached hydrogen (secondary N) is 1. The Morgan fingerprint density at radius 1 is 1.16 bits per heavy atom. The normalized spacial score (nSPS) is 11.6. The zero-order valence-electron chi connectivity index (χ0n) is 17.4. The van der Waals surface area contributed by atoms with E-state index in [4.69, 9.17) is 16.1 Å². The molecule has 4 heterocycles. The second kappa shape index (κ2) is 9.19. The number of fused-ring (bicyclic) bond motifs is 1. The molecule has 0 radical (unpaired) electrons. The summed E-state index contributed by atoms with van der Waals surface area (Å²) in [4.78, 5) is 38.2. The highest BCUT2D eigenvalue weighted by Crippen LogP contribution is 2.26. The lowest BCUT2D eigenvalue weighted by Gasteiger charge is -2.10. The molecule has 164 valence electrons. The Hall–Kier alpha value is -2.72. The van der Waals surface area contributed by atoms with Crippen LogP contribution in [0, 0.1) is 6.92 Å².